The summed E-state index contributed by atoms with van der Waals surface area (Å²) in [5.41, 5.74) is 0. The standard InChI is InChI=1S/C8H13ClN4O3/c1-2-16-8-12-6(9)11-7(13-8)10-3-5(15)4-14/h5,14-15H,2-4H2,1H3,(H,10,11,12,13). The minimum atomic E-state index is -0.883. The lowest BCUT2D eigenvalue weighted by Gasteiger charge is -2.09. The molecule has 1 aromatic rings. The van der Waals surface area contributed by atoms with Gasteiger partial charge in [0.2, 0.25) is 11.2 Å². The molecule has 7 nitrogen and oxygen atoms in total. The molecule has 0 aliphatic carbocycles. The van der Waals surface area contributed by atoms with E-state index in [-0.39, 0.29) is 30.4 Å². The summed E-state index contributed by atoms with van der Waals surface area (Å²) in [7, 11) is 0. The fourth-order valence-electron chi connectivity index (χ4n) is 0.878. The zero-order chi connectivity index (χ0) is 12.0. The predicted octanol–water partition coefficient (Wildman–Crippen LogP) is -0.311. The maximum absolute atomic E-state index is 9.11. The third-order valence-corrected chi connectivity index (χ3v) is 1.74. The zero-order valence-electron chi connectivity index (χ0n) is 8.72. The van der Waals surface area contributed by atoms with E-state index < -0.39 is 6.10 Å². The van der Waals surface area contributed by atoms with Crippen molar-refractivity contribution in [1.29, 1.82) is 0 Å². The van der Waals surface area contributed by atoms with Crippen LogP contribution in [0.15, 0.2) is 0 Å². The third kappa shape index (κ3) is 4.13. The molecule has 1 aromatic heterocycles. The van der Waals surface area contributed by atoms with E-state index >= 15 is 0 Å². The summed E-state index contributed by atoms with van der Waals surface area (Å²) in [5, 5.41) is 20.4. The van der Waals surface area contributed by atoms with Crippen LogP contribution in [0.25, 0.3) is 0 Å². The molecule has 3 N–H and O–H groups in total. The van der Waals surface area contributed by atoms with Crippen LogP contribution in [0.2, 0.25) is 5.28 Å². The average molecular weight is 249 g/mol. The lowest BCUT2D eigenvalue weighted by molar-refractivity contribution is 0.105. The lowest BCUT2D eigenvalue weighted by atomic mass is 10.4. The summed E-state index contributed by atoms with van der Waals surface area (Å²) >= 11 is 5.64. The third-order valence-electron chi connectivity index (χ3n) is 1.57. The largest absolute Gasteiger partial charge is 0.464 e. The number of hydrogen-bond acceptors (Lipinski definition) is 7. The SMILES string of the molecule is CCOc1nc(Cl)nc(NCC(O)CO)n1. The molecule has 0 amide bonds. The Bertz CT molecular complexity index is 339. The van der Waals surface area contributed by atoms with Crippen LogP contribution in [-0.4, -0.2) is 51.0 Å². The molecule has 0 fully saturated rings. The van der Waals surface area contributed by atoms with Gasteiger partial charge in [-0.3, -0.25) is 0 Å². The van der Waals surface area contributed by atoms with Crippen molar-refractivity contribution in [2.75, 3.05) is 25.1 Å². The monoisotopic (exact) mass is 248 g/mol. The summed E-state index contributed by atoms with van der Waals surface area (Å²) in [6.45, 7) is 1.98. The van der Waals surface area contributed by atoms with Gasteiger partial charge in [0, 0.05) is 6.54 Å². The molecule has 1 unspecified atom stereocenters. The number of halogens is 1. The van der Waals surface area contributed by atoms with Gasteiger partial charge in [0.15, 0.2) is 0 Å². The van der Waals surface area contributed by atoms with Gasteiger partial charge in [-0.2, -0.15) is 15.0 Å². The molecule has 0 aliphatic heterocycles. The molecule has 8 heteroatoms. The van der Waals surface area contributed by atoms with Crippen molar-refractivity contribution in [2.45, 2.75) is 13.0 Å². The van der Waals surface area contributed by atoms with Gasteiger partial charge in [0.1, 0.15) is 0 Å². The van der Waals surface area contributed by atoms with Gasteiger partial charge in [0.05, 0.1) is 19.3 Å². The normalized spacial score (nSPS) is 12.2. The Kier molecular flexibility index (Phi) is 5.17. The van der Waals surface area contributed by atoms with E-state index in [1.807, 2.05) is 0 Å². The van der Waals surface area contributed by atoms with Crippen LogP contribution >= 0.6 is 11.6 Å². The maximum Gasteiger partial charge on any atom is 0.322 e. The maximum atomic E-state index is 9.11. The Balaban J connectivity index is 2.64. The molecule has 1 rings (SSSR count). The van der Waals surface area contributed by atoms with Crippen LogP contribution in [0.5, 0.6) is 6.01 Å². The molecule has 0 bridgehead atoms. The second-order valence-electron chi connectivity index (χ2n) is 2.86. The second-order valence-corrected chi connectivity index (χ2v) is 3.20. The fraction of sp³-hybridized carbons (Fsp3) is 0.625. The molecule has 90 valence electrons. The van der Waals surface area contributed by atoms with Gasteiger partial charge < -0.3 is 20.3 Å². The van der Waals surface area contributed by atoms with Crippen LogP contribution in [0.1, 0.15) is 6.92 Å². The van der Waals surface area contributed by atoms with Gasteiger partial charge in [-0.15, -0.1) is 0 Å². The highest BCUT2D eigenvalue weighted by molar-refractivity contribution is 6.28. The van der Waals surface area contributed by atoms with Crippen molar-refractivity contribution in [2.24, 2.45) is 0 Å². The summed E-state index contributed by atoms with van der Waals surface area (Å²) in [5.74, 6) is 0.191. The Labute approximate surface area is 97.5 Å². The summed E-state index contributed by atoms with van der Waals surface area (Å²) < 4.78 is 5.06. The first-order chi connectivity index (χ1) is 7.65. The van der Waals surface area contributed by atoms with E-state index in [1.165, 1.54) is 0 Å². The number of aliphatic hydroxyl groups excluding tert-OH is 2. The van der Waals surface area contributed by atoms with Crippen molar-refractivity contribution < 1.29 is 14.9 Å². The summed E-state index contributed by atoms with van der Waals surface area (Å²) in [4.78, 5) is 11.4. The predicted molar refractivity (Wildman–Crippen MR) is 57.6 cm³/mol. The second kappa shape index (κ2) is 6.41. The first-order valence-electron chi connectivity index (χ1n) is 4.73. The number of anilines is 1. The van der Waals surface area contributed by atoms with Crippen molar-refractivity contribution in [3.63, 3.8) is 0 Å². The molecule has 0 saturated carbocycles. The number of nitrogens with one attached hydrogen (secondary N) is 1. The molecule has 0 spiro atoms. The Hall–Kier alpha value is -1.18. The highest BCUT2D eigenvalue weighted by Crippen LogP contribution is 2.11. The molecule has 1 atom stereocenters. The number of aromatic nitrogens is 3. The lowest BCUT2D eigenvalue weighted by Crippen LogP contribution is -2.24. The van der Waals surface area contributed by atoms with E-state index in [9.17, 15) is 0 Å². The van der Waals surface area contributed by atoms with Crippen LogP contribution < -0.4 is 10.1 Å². The molecule has 1 heterocycles. The molecule has 0 saturated heterocycles. The van der Waals surface area contributed by atoms with E-state index in [0.29, 0.717) is 6.61 Å². The minimum absolute atomic E-state index is 0.000520. The topological polar surface area (TPSA) is 100 Å². The molecule has 0 aliphatic rings. The molecular formula is C8H13ClN4O3. The highest BCUT2D eigenvalue weighted by atomic mass is 35.5. The van der Waals surface area contributed by atoms with Crippen molar-refractivity contribution >= 4 is 17.5 Å². The van der Waals surface area contributed by atoms with E-state index in [4.69, 9.17) is 26.6 Å². The average Bonchev–Trinajstić information content (AvgIpc) is 2.25. The Morgan fingerprint density at radius 1 is 1.44 bits per heavy atom. The van der Waals surface area contributed by atoms with Crippen LogP contribution in [-0.2, 0) is 0 Å². The smallest absolute Gasteiger partial charge is 0.322 e. The number of hydrogen-bond donors (Lipinski definition) is 3. The van der Waals surface area contributed by atoms with E-state index in [2.05, 4.69) is 20.3 Å². The van der Waals surface area contributed by atoms with Crippen LogP contribution in [0.3, 0.4) is 0 Å². The van der Waals surface area contributed by atoms with Crippen LogP contribution in [0, 0.1) is 0 Å². The molecule has 0 radical (unpaired) electrons. The van der Waals surface area contributed by atoms with Gasteiger partial charge in [-0.25, -0.2) is 0 Å². The summed E-state index contributed by atoms with van der Waals surface area (Å²) in [6.07, 6.45) is -0.883. The van der Waals surface area contributed by atoms with Gasteiger partial charge in [-0.1, -0.05) is 0 Å². The van der Waals surface area contributed by atoms with E-state index in [1.54, 1.807) is 6.92 Å². The summed E-state index contributed by atoms with van der Waals surface area (Å²) in [6, 6.07) is 0.114. The first-order valence-corrected chi connectivity index (χ1v) is 5.10. The van der Waals surface area contributed by atoms with Crippen molar-refractivity contribution in [1.82, 2.24) is 15.0 Å². The molecule has 0 aromatic carbocycles. The fourth-order valence-corrected chi connectivity index (χ4v) is 1.03. The minimum Gasteiger partial charge on any atom is -0.464 e. The van der Waals surface area contributed by atoms with Crippen molar-refractivity contribution in [3.05, 3.63) is 5.28 Å². The zero-order valence-corrected chi connectivity index (χ0v) is 9.48. The van der Waals surface area contributed by atoms with E-state index in [0.717, 1.165) is 0 Å². The highest BCUT2D eigenvalue weighted by Gasteiger charge is 2.07. The number of aliphatic hydroxyl groups is 2. The van der Waals surface area contributed by atoms with Gasteiger partial charge in [0.25, 0.3) is 0 Å². The Morgan fingerprint density at radius 3 is 2.81 bits per heavy atom. The Morgan fingerprint density at radius 2 is 2.19 bits per heavy atom. The van der Waals surface area contributed by atoms with Crippen molar-refractivity contribution in [3.8, 4) is 6.01 Å². The van der Waals surface area contributed by atoms with Gasteiger partial charge in [-0.05, 0) is 18.5 Å². The quantitative estimate of drug-likeness (QED) is 0.635. The molecular weight excluding hydrogens is 236 g/mol. The van der Waals surface area contributed by atoms with Gasteiger partial charge >= 0.3 is 6.01 Å². The first kappa shape index (κ1) is 12.9. The number of rotatable bonds is 6. The van der Waals surface area contributed by atoms with Crippen LogP contribution in [0.4, 0.5) is 5.95 Å². The number of ether oxygens (including phenoxy) is 1. The number of nitrogens with zero attached hydrogens (tertiary/aromatic N) is 3. The molecule has 16 heavy (non-hydrogen) atoms.